The number of carbonyl (C=O) groups is 4. The number of alkyl carbamates (subject to hydrolysis) is 2. The number of aromatic amines is 2. The number of ether oxygens (including phenoxy) is 4. The summed E-state index contributed by atoms with van der Waals surface area (Å²) in [4.78, 5) is 75.6. The van der Waals surface area contributed by atoms with Gasteiger partial charge in [0.15, 0.2) is 0 Å². The van der Waals surface area contributed by atoms with Crippen molar-refractivity contribution >= 4 is 35.6 Å². The highest BCUT2D eigenvalue weighted by Crippen LogP contribution is 2.90. The van der Waals surface area contributed by atoms with Gasteiger partial charge in [0.2, 0.25) is 11.8 Å². The maximum absolute atomic E-state index is 14.8. The lowest BCUT2D eigenvalue weighted by atomic mass is 9.71. The molecule has 2 saturated carbocycles. The number of benzene rings is 2. The molecular formula is C53H67ClN8O8. The summed E-state index contributed by atoms with van der Waals surface area (Å²) in [5, 5.41) is 6.21. The van der Waals surface area contributed by atoms with E-state index >= 15 is 0 Å². The first kappa shape index (κ1) is 48.2. The molecule has 5 saturated heterocycles. The lowest BCUT2D eigenvalue weighted by molar-refractivity contribution is -0.146. The first-order valence-corrected chi connectivity index (χ1v) is 25.4. The van der Waals surface area contributed by atoms with Crippen molar-refractivity contribution in [3.8, 4) is 33.6 Å². The second kappa shape index (κ2) is 18.0. The first-order chi connectivity index (χ1) is 33.3. The van der Waals surface area contributed by atoms with Gasteiger partial charge in [0.05, 0.1) is 56.4 Å². The van der Waals surface area contributed by atoms with Crippen molar-refractivity contribution in [1.82, 2.24) is 40.4 Å². The maximum Gasteiger partial charge on any atom is 0.407 e. The van der Waals surface area contributed by atoms with E-state index in [-0.39, 0.29) is 77.6 Å². The van der Waals surface area contributed by atoms with Crippen molar-refractivity contribution in [3.63, 3.8) is 0 Å². The van der Waals surface area contributed by atoms with Crippen LogP contribution in [0.2, 0.25) is 5.15 Å². The number of hydrogen-bond donors (Lipinski definition) is 4. The smallest absolute Gasteiger partial charge is 0.407 e. The molecule has 4 aromatic rings. The number of imidazole rings is 2. The number of fused-ring (bicyclic) bond motifs is 1. The van der Waals surface area contributed by atoms with Gasteiger partial charge < -0.3 is 49.3 Å². The van der Waals surface area contributed by atoms with Crippen LogP contribution in [0.15, 0.2) is 54.7 Å². The topological polar surface area (TPSA) is 193 Å². The van der Waals surface area contributed by atoms with Gasteiger partial charge in [0.25, 0.3) is 0 Å². The average Bonchev–Trinajstić information content (AvgIpc) is 3.72. The van der Waals surface area contributed by atoms with Gasteiger partial charge >= 0.3 is 12.2 Å². The summed E-state index contributed by atoms with van der Waals surface area (Å²) in [5.74, 6) is 1.95. The molecule has 4 amide bonds. The third-order valence-corrected chi connectivity index (χ3v) is 17.3. The largest absolute Gasteiger partial charge is 0.453 e. The van der Waals surface area contributed by atoms with Gasteiger partial charge in [-0.3, -0.25) is 9.59 Å². The molecule has 5 aliphatic heterocycles. The minimum Gasteiger partial charge on any atom is -0.453 e. The summed E-state index contributed by atoms with van der Waals surface area (Å²) < 4.78 is 22.1. The van der Waals surface area contributed by atoms with Gasteiger partial charge in [-0.05, 0) is 107 Å². The lowest BCUT2D eigenvalue weighted by Gasteiger charge is -2.46. The Balaban J connectivity index is 0.840. The number of amides is 4. The molecular weight excluding hydrogens is 912 g/mol. The van der Waals surface area contributed by atoms with Crippen LogP contribution in [-0.4, -0.2) is 117 Å². The summed E-state index contributed by atoms with van der Waals surface area (Å²) in [6.07, 6.45) is 3.66. The molecule has 7 heterocycles. The van der Waals surface area contributed by atoms with Crippen molar-refractivity contribution in [2.24, 2.45) is 34.5 Å². The molecule has 7 fully saturated rings. The van der Waals surface area contributed by atoms with Crippen LogP contribution in [0.4, 0.5) is 9.59 Å². The molecule has 16 atom stereocenters. The van der Waals surface area contributed by atoms with Crippen molar-refractivity contribution in [3.05, 3.63) is 71.5 Å². The zero-order valence-corrected chi connectivity index (χ0v) is 42.5. The van der Waals surface area contributed by atoms with Gasteiger partial charge in [-0.25, -0.2) is 19.6 Å². The van der Waals surface area contributed by atoms with Gasteiger partial charge in [-0.1, -0.05) is 80.9 Å². The molecule has 0 radical (unpaired) electrons. The van der Waals surface area contributed by atoms with E-state index in [9.17, 15) is 19.2 Å². The van der Waals surface area contributed by atoms with Crippen LogP contribution in [0.25, 0.3) is 33.6 Å². The van der Waals surface area contributed by atoms with E-state index in [4.69, 9.17) is 40.5 Å². The van der Waals surface area contributed by atoms with Crippen LogP contribution in [-0.2, 0) is 28.5 Å². The van der Waals surface area contributed by atoms with E-state index < -0.39 is 29.7 Å². The zero-order valence-electron chi connectivity index (χ0n) is 41.7. The van der Waals surface area contributed by atoms with E-state index in [2.05, 4.69) is 58.7 Å². The van der Waals surface area contributed by atoms with Crippen LogP contribution in [0.5, 0.6) is 0 Å². The average molecular weight is 980 g/mol. The Hall–Kier alpha value is -5.45. The standard InChI is InChI=1S/C53H67ClN8O8/c1-25-19-37(61(30(25)6)49(64)43(59-51(66)68-10)52(7)22-28(4)70-29(5)23-52)46-57-40(45(54)60-46)34-17-13-32(14-18-34)31-11-15-33(16-12-31)36-24-55-47(56-36)42-38-39-44(53(38,39)8)62(42)48(63)41(58-50(65)67-9)35-20-26(2)69-27(3)21-35/h11-18,24-30,35,37-39,41-44H,19-23H2,1-10H3,(H,55,56)(H,57,60)(H,58,65)(H,59,66)/t25-,26-,27+,28-,29+,30-,35+,37+,38?,39-,41?,42+,43?,44+,52+,53-/m1/s1. The van der Waals surface area contributed by atoms with Crippen LogP contribution in [0, 0.1) is 34.5 Å². The summed E-state index contributed by atoms with van der Waals surface area (Å²) in [5.41, 5.74) is 4.68. The van der Waals surface area contributed by atoms with Crippen LogP contribution < -0.4 is 10.6 Å². The first-order valence-electron chi connectivity index (χ1n) is 25.0. The third-order valence-electron chi connectivity index (χ3n) is 17.1. The monoisotopic (exact) mass is 978 g/mol. The van der Waals surface area contributed by atoms with Gasteiger partial charge in [0, 0.05) is 34.8 Å². The van der Waals surface area contributed by atoms with Crippen molar-refractivity contribution < 1.29 is 38.1 Å². The van der Waals surface area contributed by atoms with Gasteiger partial charge in [-0.2, -0.15) is 0 Å². The third kappa shape index (κ3) is 8.24. The number of H-pyrrole nitrogens is 2. The minimum atomic E-state index is -0.837. The summed E-state index contributed by atoms with van der Waals surface area (Å²) in [6.45, 7) is 16.5. The summed E-state index contributed by atoms with van der Waals surface area (Å²) >= 11 is 6.92. The highest BCUT2D eigenvalue weighted by molar-refractivity contribution is 6.32. The minimum absolute atomic E-state index is 0.0226. The van der Waals surface area contributed by atoms with Crippen LogP contribution in [0.1, 0.15) is 111 Å². The Bertz CT molecular complexity index is 2640. The molecule has 2 aromatic heterocycles. The van der Waals surface area contributed by atoms with E-state index in [0.717, 1.165) is 33.8 Å². The number of carbonyl (C=O) groups excluding carboxylic acids is 4. The number of aromatic nitrogens is 4. The van der Waals surface area contributed by atoms with Crippen LogP contribution >= 0.6 is 11.6 Å². The number of rotatable bonds is 11. The molecule has 70 heavy (non-hydrogen) atoms. The Morgan fingerprint density at radius 2 is 1.29 bits per heavy atom. The fourth-order valence-corrected chi connectivity index (χ4v) is 13.9. The Kier molecular flexibility index (Phi) is 12.4. The van der Waals surface area contributed by atoms with E-state index in [1.165, 1.54) is 14.2 Å². The predicted octanol–water partition coefficient (Wildman–Crippen LogP) is 8.85. The molecule has 0 spiro atoms. The maximum atomic E-state index is 14.8. The number of likely N-dealkylation sites (tertiary alicyclic amines) is 1. The highest BCUT2D eigenvalue weighted by Gasteiger charge is 2.94. The fourth-order valence-electron chi connectivity index (χ4n) is 13.6. The second-order valence-electron chi connectivity index (χ2n) is 21.9. The number of nitrogens with zero attached hydrogens (tertiary/aromatic N) is 4. The van der Waals surface area contributed by atoms with Crippen molar-refractivity contribution in [2.45, 2.75) is 148 Å². The quantitative estimate of drug-likeness (QED) is 0.113. The molecule has 11 rings (SSSR count). The summed E-state index contributed by atoms with van der Waals surface area (Å²) in [7, 11) is 2.63. The highest BCUT2D eigenvalue weighted by atomic mass is 35.5. The molecule has 16 nitrogen and oxygen atoms in total. The second-order valence-corrected chi connectivity index (χ2v) is 22.2. The van der Waals surface area contributed by atoms with Crippen molar-refractivity contribution in [1.29, 1.82) is 0 Å². The molecule has 2 bridgehead atoms. The molecule has 17 heteroatoms. The van der Waals surface area contributed by atoms with Crippen molar-refractivity contribution in [2.75, 3.05) is 14.2 Å². The normalized spacial score (nSPS) is 34.8. The molecule has 374 valence electrons. The van der Waals surface area contributed by atoms with E-state index in [1.54, 1.807) is 0 Å². The Morgan fingerprint density at radius 3 is 1.89 bits per heavy atom. The predicted molar refractivity (Wildman–Crippen MR) is 262 cm³/mol. The van der Waals surface area contributed by atoms with E-state index in [0.29, 0.717) is 60.6 Å². The van der Waals surface area contributed by atoms with E-state index in [1.807, 2.05) is 81.8 Å². The fraction of sp³-hybridized carbons (Fsp3) is 0.585. The molecule has 7 aliphatic rings. The number of nitrogens with one attached hydrogen (secondary N) is 4. The zero-order chi connectivity index (χ0) is 49.7. The molecule has 3 unspecified atom stereocenters. The molecule has 2 aliphatic carbocycles. The van der Waals surface area contributed by atoms with Gasteiger partial charge in [0.1, 0.15) is 34.6 Å². The van der Waals surface area contributed by atoms with Crippen LogP contribution in [0.3, 0.4) is 0 Å². The number of hydrogen-bond acceptors (Lipinski definition) is 10. The Morgan fingerprint density at radius 1 is 0.729 bits per heavy atom. The Labute approximate surface area is 414 Å². The van der Waals surface area contributed by atoms with Gasteiger partial charge in [-0.15, -0.1) is 0 Å². The summed E-state index contributed by atoms with van der Waals surface area (Å²) in [6, 6.07) is 14.2. The SMILES string of the molecule is COC(=O)NC(C(=O)N1[C@H](c2nc(-c3ccc(-c4ccc(-c5nc([C@@H]6C[C@@H](C)[C@@H](C)N6C(=O)C(NC(=O)OC)[C@@]6(C)C[C@@H](C)O[C@@H](C)C6)[nH]c5Cl)cc4)cc3)c[nH]2)C2[C@@H]3[C@H]1[C@]23C)[C@H]1C[C@@H](C)O[C@@H](C)C1. The number of piperidine rings is 1. The number of halogens is 1. The lowest BCUT2D eigenvalue weighted by Crippen LogP contribution is -2.60. The number of methoxy groups -OCH3 is 2. The molecule has 2 aromatic carbocycles. The molecule has 4 N–H and O–H groups in total.